The molecule has 0 aliphatic rings. The molecular weight excluding hydrogens is 248 g/mol. The summed E-state index contributed by atoms with van der Waals surface area (Å²) in [6.45, 7) is 3.43. The highest BCUT2D eigenvalue weighted by atomic mass is 16.5. The molecule has 1 aromatic heterocycles. The molecule has 0 spiro atoms. The lowest BCUT2D eigenvalue weighted by Gasteiger charge is -2.07. The molecule has 1 rings (SSSR count). The fourth-order valence-corrected chi connectivity index (χ4v) is 1.48. The molecule has 7 nitrogen and oxygen atoms in total. The minimum Gasteiger partial charge on any atom is -0.382 e. The lowest BCUT2D eigenvalue weighted by Crippen LogP contribution is -2.24. The first-order valence-corrected chi connectivity index (χ1v) is 6.35. The monoisotopic (exact) mass is 270 g/mol. The number of rotatable bonds is 10. The Labute approximate surface area is 112 Å². The number of hydrogen-bond donors (Lipinski definition) is 2. The van der Waals surface area contributed by atoms with Crippen LogP contribution < -0.4 is 16.6 Å². The zero-order valence-electron chi connectivity index (χ0n) is 11.3. The van der Waals surface area contributed by atoms with Gasteiger partial charge in [0.25, 0.3) is 5.56 Å². The van der Waals surface area contributed by atoms with Crippen molar-refractivity contribution in [3.63, 3.8) is 0 Å². The van der Waals surface area contributed by atoms with Gasteiger partial charge >= 0.3 is 0 Å². The molecule has 19 heavy (non-hydrogen) atoms. The number of nitrogens with zero attached hydrogens (tertiary/aromatic N) is 2. The number of anilines is 1. The summed E-state index contributed by atoms with van der Waals surface area (Å²) < 4.78 is 11.6. The van der Waals surface area contributed by atoms with Gasteiger partial charge in [0.15, 0.2) is 0 Å². The molecule has 0 fully saturated rings. The van der Waals surface area contributed by atoms with Gasteiger partial charge in [-0.2, -0.15) is 5.10 Å². The Morgan fingerprint density at radius 3 is 2.95 bits per heavy atom. The quantitative estimate of drug-likeness (QED) is 0.566. The van der Waals surface area contributed by atoms with Crippen molar-refractivity contribution >= 4 is 5.69 Å². The van der Waals surface area contributed by atoms with Gasteiger partial charge in [0.2, 0.25) is 0 Å². The second kappa shape index (κ2) is 9.48. The molecule has 0 unspecified atom stereocenters. The first-order valence-electron chi connectivity index (χ1n) is 6.35. The maximum absolute atomic E-state index is 11.7. The van der Waals surface area contributed by atoms with Gasteiger partial charge < -0.3 is 20.5 Å². The van der Waals surface area contributed by atoms with Gasteiger partial charge in [-0.25, -0.2) is 4.68 Å². The van der Waals surface area contributed by atoms with Crippen LogP contribution in [0.5, 0.6) is 0 Å². The fourth-order valence-electron chi connectivity index (χ4n) is 1.48. The van der Waals surface area contributed by atoms with E-state index in [2.05, 4.69) is 10.4 Å². The smallest absolute Gasteiger partial charge is 0.268 e. The third-order valence-electron chi connectivity index (χ3n) is 2.43. The Morgan fingerprint density at radius 1 is 1.42 bits per heavy atom. The second-order valence-corrected chi connectivity index (χ2v) is 3.98. The maximum Gasteiger partial charge on any atom is 0.268 e. The van der Waals surface area contributed by atoms with Crippen molar-refractivity contribution in [3.8, 4) is 0 Å². The topological polar surface area (TPSA) is 91.4 Å². The molecule has 0 aliphatic heterocycles. The van der Waals surface area contributed by atoms with Crippen LogP contribution in [0.2, 0.25) is 0 Å². The van der Waals surface area contributed by atoms with Crippen molar-refractivity contribution in [3.05, 3.63) is 22.6 Å². The number of hydrogen-bond acceptors (Lipinski definition) is 6. The lowest BCUT2D eigenvalue weighted by molar-refractivity contribution is 0.0675. The average Bonchev–Trinajstić information content (AvgIpc) is 2.42. The van der Waals surface area contributed by atoms with Crippen LogP contribution in [-0.2, 0) is 16.0 Å². The van der Waals surface area contributed by atoms with Gasteiger partial charge in [-0.15, -0.1) is 0 Å². The molecule has 0 bridgehead atoms. The minimum atomic E-state index is -0.126. The summed E-state index contributed by atoms with van der Waals surface area (Å²) in [5, 5.41) is 7.10. The molecular formula is C12H22N4O3. The maximum atomic E-state index is 11.7. The normalized spacial score (nSPS) is 10.6. The standard InChI is InChI=1S/C12H22N4O3/c1-18-7-8-19-6-2-5-16-12(17)9-11(10-15-16)14-4-3-13/h9-10,14H,2-8,13H2,1H3. The molecule has 0 saturated heterocycles. The van der Waals surface area contributed by atoms with Gasteiger partial charge in [-0.3, -0.25) is 4.79 Å². The first-order chi connectivity index (χ1) is 9.27. The van der Waals surface area contributed by atoms with Crippen LogP contribution in [0.1, 0.15) is 6.42 Å². The van der Waals surface area contributed by atoms with E-state index in [1.54, 1.807) is 13.3 Å². The number of aryl methyl sites for hydroxylation is 1. The number of ether oxygens (including phenoxy) is 2. The molecule has 0 saturated carbocycles. The van der Waals surface area contributed by atoms with E-state index >= 15 is 0 Å². The van der Waals surface area contributed by atoms with Crippen LogP contribution in [0.3, 0.4) is 0 Å². The van der Waals surface area contributed by atoms with Gasteiger partial charge in [0.05, 0.1) is 25.1 Å². The molecule has 0 aromatic carbocycles. The van der Waals surface area contributed by atoms with Crippen LogP contribution in [0.4, 0.5) is 5.69 Å². The van der Waals surface area contributed by atoms with Crippen molar-refractivity contribution in [1.82, 2.24) is 9.78 Å². The summed E-state index contributed by atoms with van der Waals surface area (Å²) in [5.74, 6) is 0. The summed E-state index contributed by atoms with van der Waals surface area (Å²) in [4.78, 5) is 11.7. The second-order valence-electron chi connectivity index (χ2n) is 3.98. The third kappa shape index (κ3) is 6.32. The van der Waals surface area contributed by atoms with Crippen LogP contribution >= 0.6 is 0 Å². The number of methoxy groups -OCH3 is 1. The summed E-state index contributed by atoms with van der Waals surface area (Å²) in [6.07, 6.45) is 2.37. The Balaban J connectivity index is 2.32. The van der Waals surface area contributed by atoms with E-state index in [0.29, 0.717) is 45.1 Å². The predicted octanol–water partition coefficient (Wildman–Crippen LogP) is -0.333. The average molecular weight is 270 g/mol. The van der Waals surface area contributed by atoms with Crippen molar-refractivity contribution in [1.29, 1.82) is 0 Å². The van der Waals surface area contributed by atoms with Crippen molar-refractivity contribution in [2.45, 2.75) is 13.0 Å². The predicted molar refractivity (Wildman–Crippen MR) is 73.4 cm³/mol. The molecule has 1 aromatic rings. The zero-order valence-corrected chi connectivity index (χ0v) is 11.3. The third-order valence-corrected chi connectivity index (χ3v) is 2.43. The fraction of sp³-hybridized carbons (Fsp3) is 0.667. The summed E-state index contributed by atoms with van der Waals surface area (Å²) in [7, 11) is 1.63. The van der Waals surface area contributed by atoms with E-state index < -0.39 is 0 Å². The summed E-state index contributed by atoms with van der Waals surface area (Å²) in [6, 6.07) is 1.52. The molecule has 0 radical (unpaired) electrons. The first kappa shape index (κ1) is 15.6. The van der Waals surface area contributed by atoms with Gasteiger partial charge in [0.1, 0.15) is 0 Å². The molecule has 1 heterocycles. The van der Waals surface area contributed by atoms with Gasteiger partial charge in [-0.05, 0) is 6.42 Å². The van der Waals surface area contributed by atoms with Crippen molar-refractivity contribution < 1.29 is 9.47 Å². The molecule has 7 heteroatoms. The van der Waals surface area contributed by atoms with E-state index in [1.165, 1.54) is 10.7 Å². The Kier molecular flexibility index (Phi) is 7.80. The largest absolute Gasteiger partial charge is 0.382 e. The lowest BCUT2D eigenvalue weighted by atomic mass is 10.4. The van der Waals surface area contributed by atoms with E-state index in [1.807, 2.05) is 0 Å². The van der Waals surface area contributed by atoms with Crippen LogP contribution in [0, 0.1) is 0 Å². The Bertz CT molecular complexity index is 408. The Morgan fingerprint density at radius 2 is 2.26 bits per heavy atom. The van der Waals surface area contributed by atoms with E-state index in [9.17, 15) is 4.79 Å². The minimum absolute atomic E-state index is 0.126. The summed E-state index contributed by atoms with van der Waals surface area (Å²) >= 11 is 0. The van der Waals surface area contributed by atoms with Gasteiger partial charge in [-0.1, -0.05) is 0 Å². The molecule has 3 N–H and O–H groups in total. The Hall–Kier alpha value is -1.44. The summed E-state index contributed by atoms with van der Waals surface area (Å²) in [5.41, 5.74) is 5.94. The van der Waals surface area contributed by atoms with Crippen molar-refractivity contribution in [2.75, 3.05) is 45.3 Å². The highest BCUT2D eigenvalue weighted by Crippen LogP contribution is 1.98. The molecule has 108 valence electrons. The van der Waals surface area contributed by atoms with Crippen LogP contribution in [0.25, 0.3) is 0 Å². The molecule has 0 aliphatic carbocycles. The van der Waals surface area contributed by atoms with Gasteiger partial charge in [0, 0.05) is 39.4 Å². The van der Waals surface area contributed by atoms with E-state index in [0.717, 1.165) is 6.42 Å². The SMILES string of the molecule is COCCOCCCn1ncc(NCCN)cc1=O. The molecule has 0 amide bonds. The van der Waals surface area contributed by atoms with Crippen LogP contribution in [0.15, 0.2) is 17.1 Å². The number of nitrogens with one attached hydrogen (secondary N) is 1. The highest BCUT2D eigenvalue weighted by molar-refractivity contribution is 5.38. The van der Waals surface area contributed by atoms with Crippen molar-refractivity contribution in [2.24, 2.45) is 5.73 Å². The number of aromatic nitrogens is 2. The van der Waals surface area contributed by atoms with E-state index in [4.69, 9.17) is 15.2 Å². The molecule has 0 atom stereocenters. The zero-order chi connectivity index (χ0) is 13.9. The van der Waals surface area contributed by atoms with Crippen LogP contribution in [-0.4, -0.2) is 49.8 Å². The number of nitrogens with two attached hydrogens (primary N) is 1. The van der Waals surface area contributed by atoms with E-state index in [-0.39, 0.29) is 5.56 Å². The highest BCUT2D eigenvalue weighted by Gasteiger charge is 1.99.